The van der Waals surface area contributed by atoms with Crippen LogP contribution in [-0.4, -0.2) is 0 Å². The molecule has 0 atom stereocenters. The van der Waals surface area contributed by atoms with E-state index in [1.54, 1.807) is 0 Å². The number of anilines is 3. The summed E-state index contributed by atoms with van der Waals surface area (Å²) in [6.45, 7) is 4.12. The van der Waals surface area contributed by atoms with E-state index in [0.717, 1.165) is 27.1 Å². The predicted molar refractivity (Wildman–Crippen MR) is 77.8 cm³/mol. The van der Waals surface area contributed by atoms with Gasteiger partial charge in [0.2, 0.25) is 0 Å². The molecule has 0 amide bonds. The van der Waals surface area contributed by atoms with Crippen molar-refractivity contribution in [2.45, 2.75) is 13.8 Å². The summed E-state index contributed by atoms with van der Waals surface area (Å²) < 4.78 is 1.09. The number of rotatable bonds is 2. The predicted octanol–water partition coefficient (Wildman–Crippen LogP) is 4.39. The van der Waals surface area contributed by atoms with Crippen LogP contribution in [-0.2, 0) is 0 Å². The van der Waals surface area contributed by atoms with Crippen molar-refractivity contribution in [2.24, 2.45) is 0 Å². The lowest BCUT2D eigenvalue weighted by Crippen LogP contribution is -2.00. The number of nitrogens with one attached hydrogen (secondary N) is 1. The summed E-state index contributed by atoms with van der Waals surface area (Å²) in [5.74, 6) is 0. The summed E-state index contributed by atoms with van der Waals surface area (Å²) in [7, 11) is 0. The third kappa shape index (κ3) is 2.44. The van der Waals surface area contributed by atoms with Crippen molar-refractivity contribution >= 4 is 33.0 Å². The van der Waals surface area contributed by atoms with Crippen LogP contribution in [0.5, 0.6) is 0 Å². The zero-order valence-electron chi connectivity index (χ0n) is 9.92. The van der Waals surface area contributed by atoms with E-state index in [2.05, 4.69) is 28.2 Å². The van der Waals surface area contributed by atoms with E-state index < -0.39 is 0 Å². The Kier molecular flexibility index (Phi) is 3.38. The van der Waals surface area contributed by atoms with Crippen molar-refractivity contribution in [3.63, 3.8) is 0 Å². The quantitative estimate of drug-likeness (QED) is 0.805. The number of halogens is 1. The Morgan fingerprint density at radius 1 is 1.06 bits per heavy atom. The lowest BCUT2D eigenvalue weighted by atomic mass is 10.1. The summed E-state index contributed by atoms with van der Waals surface area (Å²) in [6.07, 6.45) is 0. The Labute approximate surface area is 110 Å². The first-order chi connectivity index (χ1) is 8.09. The molecule has 0 fully saturated rings. The molecule has 2 aromatic rings. The number of nitrogens with two attached hydrogens (primary N) is 1. The highest BCUT2D eigenvalue weighted by atomic mass is 79.9. The van der Waals surface area contributed by atoms with Crippen molar-refractivity contribution in [1.82, 2.24) is 0 Å². The Hall–Kier alpha value is -1.48. The van der Waals surface area contributed by atoms with Gasteiger partial charge in [0, 0.05) is 10.2 Å². The molecular formula is C14H15BrN2. The van der Waals surface area contributed by atoms with Crippen LogP contribution in [0.2, 0.25) is 0 Å². The molecule has 88 valence electrons. The molecule has 0 aliphatic heterocycles. The fourth-order valence-electron chi connectivity index (χ4n) is 1.74. The van der Waals surface area contributed by atoms with E-state index in [9.17, 15) is 0 Å². The van der Waals surface area contributed by atoms with Gasteiger partial charge < -0.3 is 11.1 Å². The summed E-state index contributed by atoms with van der Waals surface area (Å²) in [6, 6.07) is 12.0. The number of hydrogen-bond acceptors (Lipinski definition) is 2. The van der Waals surface area contributed by atoms with Crippen molar-refractivity contribution in [1.29, 1.82) is 0 Å². The number of benzene rings is 2. The molecule has 0 radical (unpaired) electrons. The number of nitrogen functional groups attached to an aromatic ring is 1. The highest BCUT2D eigenvalue weighted by Gasteiger charge is 2.06. The van der Waals surface area contributed by atoms with Crippen LogP contribution in [0.15, 0.2) is 40.9 Å². The van der Waals surface area contributed by atoms with Gasteiger partial charge in [0.15, 0.2) is 0 Å². The molecule has 2 nitrogen and oxygen atoms in total. The molecular weight excluding hydrogens is 276 g/mol. The maximum absolute atomic E-state index is 5.98. The van der Waals surface area contributed by atoms with Gasteiger partial charge in [-0.3, -0.25) is 0 Å². The minimum atomic E-state index is 0.768. The number of para-hydroxylation sites is 1. The van der Waals surface area contributed by atoms with E-state index in [1.807, 2.05) is 43.3 Å². The van der Waals surface area contributed by atoms with Crippen LogP contribution in [0, 0.1) is 13.8 Å². The van der Waals surface area contributed by atoms with Gasteiger partial charge in [-0.25, -0.2) is 0 Å². The molecule has 3 heteroatoms. The van der Waals surface area contributed by atoms with Crippen LogP contribution >= 0.6 is 15.9 Å². The maximum Gasteiger partial charge on any atom is 0.0647 e. The summed E-state index contributed by atoms with van der Waals surface area (Å²) >= 11 is 3.53. The number of hydrogen-bond donors (Lipinski definition) is 2. The Bertz CT molecular complexity index is 530. The summed E-state index contributed by atoms with van der Waals surface area (Å²) in [5, 5.41) is 3.39. The second-order valence-electron chi connectivity index (χ2n) is 4.08. The van der Waals surface area contributed by atoms with E-state index >= 15 is 0 Å². The van der Waals surface area contributed by atoms with Gasteiger partial charge in [-0.2, -0.15) is 0 Å². The lowest BCUT2D eigenvalue weighted by molar-refractivity contribution is 1.38. The van der Waals surface area contributed by atoms with E-state index in [-0.39, 0.29) is 0 Å². The lowest BCUT2D eigenvalue weighted by Gasteiger charge is -2.14. The summed E-state index contributed by atoms with van der Waals surface area (Å²) in [5.41, 5.74) is 11.1. The van der Waals surface area contributed by atoms with E-state index in [0.29, 0.717) is 0 Å². The highest BCUT2D eigenvalue weighted by molar-refractivity contribution is 9.10. The molecule has 0 spiro atoms. The van der Waals surface area contributed by atoms with Crippen molar-refractivity contribution < 1.29 is 0 Å². The zero-order chi connectivity index (χ0) is 12.4. The van der Waals surface area contributed by atoms with Crippen LogP contribution in [0.4, 0.5) is 17.1 Å². The van der Waals surface area contributed by atoms with Crippen molar-refractivity contribution in [3.05, 3.63) is 52.0 Å². The topological polar surface area (TPSA) is 38.0 Å². The minimum Gasteiger partial charge on any atom is -0.397 e. The third-order valence-electron chi connectivity index (χ3n) is 2.83. The highest BCUT2D eigenvalue weighted by Crippen LogP contribution is 2.30. The van der Waals surface area contributed by atoms with Crippen LogP contribution < -0.4 is 11.1 Å². The molecule has 0 unspecified atom stereocenters. The van der Waals surface area contributed by atoms with Crippen LogP contribution in [0.1, 0.15) is 11.1 Å². The van der Waals surface area contributed by atoms with Gasteiger partial charge >= 0.3 is 0 Å². The standard InChI is InChI=1S/C14H15BrN2/c1-9-5-3-7-12(16)14(9)17-13-8-4-6-11(15)10(13)2/h3-8,17H,16H2,1-2H3. The Balaban J connectivity index is 2.42. The molecule has 0 saturated carbocycles. The molecule has 3 N–H and O–H groups in total. The normalized spacial score (nSPS) is 10.3. The molecule has 0 heterocycles. The van der Waals surface area contributed by atoms with Crippen LogP contribution in [0.3, 0.4) is 0 Å². The minimum absolute atomic E-state index is 0.768. The zero-order valence-corrected chi connectivity index (χ0v) is 11.5. The Morgan fingerprint density at radius 3 is 2.47 bits per heavy atom. The Morgan fingerprint density at radius 2 is 1.76 bits per heavy atom. The largest absolute Gasteiger partial charge is 0.397 e. The van der Waals surface area contributed by atoms with Crippen molar-refractivity contribution in [3.8, 4) is 0 Å². The SMILES string of the molecule is Cc1cccc(N)c1Nc1cccc(Br)c1C. The van der Waals surface area contributed by atoms with Gasteiger partial charge in [-0.15, -0.1) is 0 Å². The first-order valence-corrected chi connectivity index (χ1v) is 6.26. The molecule has 0 aliphatic rings. The monoisotopic (exact) mass is 290 g/mol. The van der Waals surface area contributed by atoms with Crippen LogP contribution in [0.25, 0.3) is 0 Å². The fraction of sp³-hybridized carbons (Fsp3) is 0.143. The first kappa shape index (κ1) is 12.0. The number of aryl methyl sites for hydroxylation is 1. The van der Waals surface area contributed by atoms with Gasteiger partial charge in [0.05, 0.1) is 11.4 Å². The third-order valence-corrected chi connectivity index (χ3v) is 3.69. The molecule has 0 aliphatic carbocycles. The molecule has 2 rings (SSSR count). The second-order valence-corrected chi connectivity index (χ2v) is 4.93. The summed E-state index contributed by atoms with van der Waals surface area (Å²) in [4.78, 5) is 0. The average molecular weight is 291 g/mol. The van der Waals surface area contributed by atoms with Gasteiger partial charge in [-0.05, 0) is 43.2 Å². The first-order valence-electron chi connectivity index (χ1n) is 5.47. The van der Waals surface area contributed by atoms with Gasteiger partial charge in [0.25, 0.3) is 0 Å². The van der Waals surface area contributed by atoms with Gasteiger partial charge in [-0.1, -0.05) is 34.1 Å². The molecule has 17 heavy (non-hydrogen) atoms. The molecule has 0 aromatic heterocycles. The average Bonchev–Trinajstić information content (AvgIpc) is 2.29. The smallest absolute Gasteiger partial charge is 0.0647 e. The second kappa shape index (κ2) is 4.80. The van der Waals surface area contributed by atoms with E-state index in [1.165, 1.54) is 5.56 Å². The maximum atomic E-state index is 5.98. The van der Waals surface area contributed by atoms with E-state index in [4.69, 9.17) is 5.73 Å². The van der Waals surface area contributed by atoms with Crippen molar-refractivity contribution in [2.75, 3.05) is 11.1 Å². The molecule has 0 saturated heterocycles. The molecule has 2 aromatic carbocycles. The fourth-order valence-corrected chi connectivity index (χ4v) is 2.10. The molecule has 0 bridgehead atoms. The van der Waals surface area contributed by atoms with Gasteiger partial charge in [0.1, 0.15) is 0 Å².